The Morgan fingerprint density at radius 1 is 1.30 bits per heavy atom. The Labute approximate surface area is 114 Å². The van der Waals surface area contributed by atoms with E-state index in [1.807, 2.05) is 0 Å². The summed E-state index contributed by atoms with van der Waals surface area (Å²) >= 11 is 0. The molecule has 0 aliphatic carbocycles. The summed E-state index contributed by atoms with van der Waals surface area (Å²) in [7, 11) is 1.09. The van der Waals surface area contributed by atoms with E-state index in [1.165, 1.54) is 20.8 Å². The second-order valence-electron chi connectivity index (χ2n) is 5.27. The number of ether oxygens (including phenoxy) is 2. The predicted molar refractivity (Wildman–Crippen MR) is 62.6 cm³/mol. The van der Waals surface area contributed by atoms with E-state index in [2.05, 4.69) is 4.74 Å². The number of carbonyl (C=O) groups excluding carboxylic acids is 2. The van der Waals surface area contributed by atoms with Crippen LogP contribution in [0.3, 0.4) is 0 Å². The maximum atomic E-state index is 12.7. The molecule has 0 unspecified atom stereocenters. The summed E-state index contributed by atoms with van der Waals surface area (Å²) in [4.78, 5) is 23.3. The second-order valence-corrected chi connectivity index (χ2v) is 5.27. The van der Waals surface area contributed by atoms with Crippen molar-refractivity contribution in [3.8, 4) is 0 Å². The fourth-order valence-electron chi connectivity index (χ4n) is 1.62. The number of halogens is 3. The van der Waals surface area contributed by atoms with E-state index in [-0.39, 0.29) is 5.70 Å². The van der Waals surface area contributed by atoms with Crippen molar-refractivity contribution in [1.82, 2.24) is 4.90 Å². The van der Waals surface area contributed by atoms with Crippen LogP contribution in [0.5, 0.6) is 0 Å². The van der Waals surface area contributed by atoms with Crippen molar-refractivity contribution >= 4 is 12.1 Å². The molecule has 1 aliphatic rings. The molecule has 0 spiro atoms. The molecule has 0 N–H and O–H groups in total. The number of likely N-dealkylation sites (tertiary alicyclic amines) is 1. The molecule has 0 radical (unpaired) electrons. The number of nitrogens with zero attached hydrogens (tertiary/aromatic N) is 1. The number of rotatable bonds is 1. The van der Waals surface area contributed by atoms with Crippen molar-refractivity contribution in [3.63, 3.8) is 0 Å². The molecule has 1 heterocycles. The molecule has 114 valence electrons. The predicted octanol–water partition coefficient (Wildman–Crippen LogP) is 2.62. The molecule has 20 heavy (non-hydrogen) atoms. The molecule has 0 aromatic rings. The molecule has 1 saturated heterocycles. The number of carbonyl (C=O) groups is 2. The Morgan fingerprint density at radius 2 is 1.85 bits per heavy atom. The SMILES string of the molecule is COC(=O)/C=C1\C[C@H](C(F)(F)F)N1C(=O)OC(C)(C)C. The smallest absolute Gasteiger partial charge is 0.415 e. The number of hydrogen-bond donors (Lipinski definition) is 0. The van der Waals surface area contributed by atoms with Crippen LogP contribution in [0.15, 0.2) is 11.8 Å². The average molecular weight is 295 g/mol. The lowest BCUT2D eigenvalue weighted by Crippen LogP contribution is -2.57. The van der Waals surface area contributed by atoms with Crippen LogP contribution < -0.4 is 0 Å². The van der Waals surface area contributed by atoms with Crippen molar-refractivity contribution in [2.75, 3.05) is 7.11 Å². The van der Waals surface area contributed by atoms with E-state index in [9.17, 15) is 22.8 Å². The van der Waals surface area contributed by atoms with E-state index in [1.54, 1.807) is 0 Å². The Kier molecular flexibility index (Phi) is 4.36. The normalized spacial score (nSPS) is 21.4. The first-order valence-corrected chi connectivity index (χ1v) is 5.83. The molecule has 0 bridgehead atoms. The molecule has 1 amide bonds. The largest absolute Gasteiger partial charge is 0.466 e. The van der Waals surface area contributed by atoms with Gasteiger partial charge in [-0.15, -0.1) is 0 Å². The molecule has 1 fully saturated rings. The lowest BCUT2D eigenvalue weighted by molar-refractivity contribution is -0.193. The molecule has 1 atom stereocenters. The van der Waals surface area contributed by atoms with Gasteiger partial charge in [0.2, 0.25) is 0 Å². The molecule has 5 nitrogen and oxygen atoms in total. The molecular formula is C12H16F3NO4. The minimum atomic E-state index is -4.58. The average Bonchev–Trinajstić information content (AvgIpc) is 2.18. The number of esters is 1. The molecule has 0 saturated carbocycles. The highest BCUT2D eigenvalue weighted by molar-refractivity contribution is 5.84. The number of hydrogen-bond acceptors (Lipinski definition) is 4. The van der Waals surface area contributed by atoms with Crippen LogP contribution in [0.1, 0.15) is 27.2 Å². The maximum absolute atomic E-state index is 12.7. The highest BCUT2D eigenvalue weighted by Gasteiger charge is 2.54. The summed E-state index contributed by atoms with van der Waals surface area (Å²) in [6.45, 7) is 4.62. The lowest BCUT2D eigenvalue weighted by Gasteiger charge is -2.43. The summed E-state index contributed by atoms with van der Waals surface area (Å²) in [6, 6.07) is -1.98. The quantitative estimate of drug-likeness (QED) is 0.551. The Hall–Kier alpha value is -1.73. The number of amides is 1. The first-order chi connectivity index (χ1) is 8.95. The fourth-order valence-corrected chi connectivity index (χ4v) is 1.62. The molecule has 1 aliphatic heterocycles. The van der Waals surface area contributed by atoms with Crippen LogP contribution in [0.4, 0.5) is 18.0 Å². The van der Waals surface area contributed by atoms with Crippen LogP contribution in [0, 0.1) is 0 Å². The zero-order valence-corrected chi connectivity index (χ0v) is 11.6. The van der Waals surface area contributed by atoms with Crippen LogP contribution in [0.25, 0.3) is 0 Å². The molecular weight excluding hydrogens is 279 g/mol. The standard InChI is InChI=1S/C12H16F3NO4/c1-11(2,3)20-10(18)16-7(6-9(17)19-4)5-8(16)12(13,14)15/h6,8H,5H2,1-4H3/b7-6+/t8-/m1/s1. The highest BCUT2D eigenvalue weighted by atomic mass is 19.4. The number of alkyl halides is 3. The molecule has 1 rings (SSSR count). The molecule has 0 aromatic carbocycles. The van der Waals surface area contributed by atoms with Crippen LogP contribution in [-0.4, -0.2) is 41.9 Å². The second kappa shape index (κ2) is 5.34. The third-order valence-corrected chi connectivity index (χ3v) is 2.48. The number of methoxy groups -OCH3 is 1. The summed E-state index contributed by atoms with van der Waals surface area (Å²) in [5.41, 5.74) is -1.01. The third kappa shape index (κ3) is 3.88. The van der Waals surface area contributed by atoms with Crippen molar-refractivity contribution in [2.24, 2.45) is 0 Å². The van der Waals surface area contributed by atoms with Gasteiger partial charge in [-0.05, 0) is 20.8 Å². The summed E-state index contributed by atoms with van der Waals surface area (Å²) in [6.07, 6.45) is -5.32. The summed E-state index contributed by atoms with van der Waals surface area (Å²) < 4.78 is 47.5. The summed E-state index contributed by atoms with van der Waals surface area (Å²) in [5, 5.41) is 0. The van der Waals surface area contributed by atoms with Gasteiger partial charge in [0.15, 0.2) is 0 Å². The Balaban J connectivity index is 2.95. The minimum absolute atomic E-state index is 0.0755. The van der Waals surface area contributed by atoms with Crippen molar-refractivity contribution in [2.45, 2.75) is 45.0 Å². The van der Waals surface area contributed by atoms with Gasteiger partial charge in [0.1, 0.15) is 11.6 Å². The van der Waals surface area contributed by atoms with Gasteiger partial charge >= 0.3 is 18.2 Å². The van der Waals surface area contributed by atoms with Crippen molar-refractivity contribution < 1.29 is 32.2 Å². The Morgan fingerprint density at radius 3 is 2.25 bits per heavy atom. The van der Waals surface area contributed by atoms with Gasteiger partial charge < -0.3 is 9.47 Å². The van der Waals surface area contributed by atoms with E-state index in [0.29, 0.717) is 4.90 Å². The van der Waals surface area contributed by atoms with Crippen LogP contribution in [0.2, 0.25) is 0 Å². The maximum Gasteiger partial charge on any atom is 0.415 e. The molecule has 0 aromatic heterocycles. The van der Waals surface area contributed by atoms with Gasteiger partial charge in [-0.3, -0.25) is 4.90 Å². The topological polar surface area (TPSA) is 55.8 Å². The van der Waals surface area contributed by atoms with Gasteiger partial charge in [0.05, 0.1) is 7.11 Å². The first-order valence-electron chi connectivity index (χ1n) is 5.83. The van der Waals surface area contributed by atoms with Crippen molar-refractivity contribution in [1.29, 1.82) is 0 Å². The van der Waals surface area contributed by atoms with Gasteiger partial charge in [-0.25, -0.2) is 9.59 Å². The van der Waals surface area contributed by atoms with E-state index in [0.717, 1.165) is 13.2 Å². The lowest BCUT2D eigenvalue weighted by atomic mass is 9.98. The van der Waals surface area contributed by atoms with Crippen LogP contribution >= 0.6 is 0 Å². The van der Waals surface area contributed by atoms with E-state index >= 15 is 0 Å². The van der Waals surface area contributed by atoms with Gasteiger partial charge in [-0.2, -0.15) is 13.2 Å². The fraction of sp³-hybridized carbons (Fsp3) is 0.667. The monoisotopic (exact) mass is 295 g/mol. The first kappa shape index (κ1) is 16.3. The molecule has 8 heteroatoms. The van der Waals surface area contributed by atoms with E-state index in [4.69, 9.17) is 4.74 Å². The third-order valence-electron chi connectivity index (χ3n) is 2.48. The van der Waals surface area contributed by atoms with Crippen LogP contribution in [-0.2, 0) is 14.3 Å². The zero-order chi connectivity index (χ0) is 15.7. The highest BCUT2D eigenvalue weighted by Crippen LogP contribution is 2.41. The van der Waals surface area contributed by atoms with Gasteiger partial charge in [0, 0.05) is 18.2 Å². The van der Waals surface area contributed by atoms with Gasteiger partial charge in [0.25, 0.3) is 0 Å². The Bertz CT molecular complexity index is 437. The van der Waals surface area contributed by atoms with E-state index < -0.39 is 36.3 Å². The van der Waals surface area contributed by atoms with Gasteiger partial charge in [-0.1, -0.05) is 0 Å². The minimum Gasteiger partial charge on any atom is -0.466 e. The van der Waals surface area contributed by atoms with Crippen molar-refractivity contribution in [3.05, 3.63) is 11.8 Å². The zero-order valence-electron chi connectivity index (χ0n) is 11.6. The summed E-state index contributed by atoms with van der Waals surface area (Å²) in [5.74, 6) is -0.825.